The van der Waals surface area contributed by atoms with Crippen LogP contribution in [0.15, 0.2) is 54.6 Å². The number of anilines is 1. The maximum atomic E-state index is 12.8. The maximum absolute atomic E-state index is 12.8. The van der Waals surface area contributed by atoms with Gasteiger partial charge in [0.1, 0.15) is 0 Å². The summed E-state index contributed by atoms with van der Waals surface area (Å²) in [5, 5.41) is 2.95. The van der Waals surface area contributed by atoms with Gasteiger partial charge in [-0.3, -0.25) is 0 Å². The first-order chi connectivity index (χ1) is 12.7. The first kappa shape index (κ1) is 18.0. The lowest BCUT2D eigenvalue weighted by Crippen LogP contribution is -2.46. The molecule has 1 aliphatic heterocycles. The van der Waals surface area contributed by atoms with Crippen LogP contribution in [0.1, 0.15) is 35.2 Å². The Kier molecular flexibility index (Phi) is 5.89. The molecule has 26 heavy (non-hydrogen) atoms. The normalized spacial score (nSPS) is 16.8. The number of ether oxygens (including phenoxy) is 1. The van der Waals surface area contributed by atoms with Crippen LogP contribution in [0.4, 0.5) is 10.5 Å². The van der Waals surface area contributed by atoms with Crippen LogP contribution < -0.4 is 5.32 Å². The summed E-state index contributed by atoms with van der Waals surface area (Å²) < 4.78 is 4.69. The molecule has 1 atom stereocenters. The second kappa shape index (κ2) is 8.52. The van der Waals surface area contributed by atoms with Gasteiger partial charge in [0.2, 0.25) is 0 Å². The minimum Gasteiger partial charge on any atom is -0.465 e. The molecule has 2 amide bonds. The van der Waals surface area contributed by atoms with E-state index in [1.807, 2.05) is 23.1 Å². The molecule has 0 saturated carbocycles. The van der Waals surface area contributed by atoms with Gasteiger partial charge in [0, 0.05) is 18.3 Å². The first-order valence-electron chi connectivity index (χ1n) is 8.97. The Morgan fingerprint density at radius 1 is 1.08 bits per heavy atom. The molecule has 2 aromatic carbocycles. The van der Waals surface area contributed by atoms with Gasteiger partial charge in [-0.25, -0.2) is 9.59 Å². The number of urea groups is 1. The third-order valence-corrected chi connectivity index (χ3v) is 4.76. The average molecular weight is 352 g/mol. The molecule has 0 radical (unpaired) electrons. The van der Waals surface area contributed by atoms with Crippen molar-refractivity contribution in [1.29, 1.82) is 0 Å². The highest BCUT2D eigenvalue weighted by Crippen LogP contribution is 2.22. The number of methoxy groups -OCH3 is 1. The molecule has 1 heterocycles. The highest BCUT2D eigenvalue weighted by Gasteiger charge is 2.26. The number of benzene rings is 2. The van der Waals surface area contributed by atoms with Gasteiger partial charge >= 0.3 is 12.0 Å². The largest absolute Gasteiger partial charge is 0.465 e. The summed E-state index contributed by atoms with van der Waals surface area (Å²) in [5.41, 5.74) is 2.39. The van der Waals surface area contributed by atoms with E-state index in [2.05, 4.69) is 22.2 Å². The van der Waals surface area contributed by atoms with Crippen LogP contribution in [0.2, 0.25) is 0 Å². The van der Waals surface area contributed by atoms with Crippen molar-refractivity contribution < 1.29 is 14.3 Å². The van der Waals surface area contributed by atoms with Crippen molar-refractivity contribution in [1.82, 2.24) is 4.90 Å². The maximum Gasteiger partial charge on any atom is 0.337 e. The lowest BCUT2D eigenvalue weighted by molar-refractivity contribution is 0.0600. The molecule has 1 N–H and O–H groups in total. The van der Waals surface area contributed by atoms with Gasteiger partial charge in [-0.15, -0.1) is 0 Å². The Morgan fingerprint density at radius 2 is 1.81 bits per heavy atom. The number of amides is 2. The van der Waals surface area contributed by atoms with Gasteiger partial charge in [-0.2, -0.15) is 0 Å². The van der Waals surface area contributed by atoms with Gasteiger partial charge in [-0.1, -0.05) is 30.3 Å². The minimum atomic E-state index is -0.387. The number of piperidine rings is 1. The molecule has 136 valence electrons. The average Bonchev–Trinajstić information content (AvgIpc) is 2.69. The summed E-state index contributed by atoms with van der Waals surface area (Å²) in [6.07, 6.45) is 4.06. The van der Waals surface area contributed by atoms with Gasteiger partial charge in [-0.05, 0) is 55.5 Å². The van der Waals surface area contributed by atoms with Crippen LogP contribution in [-0.2, 0) is 11.2 Å². The van der Waals surface area contributed by atoms with Crippen molar-refractivity contribution in [2.24, 2.45) is 0 Å². The second-order valence-electron chi connectivity index (χ2n) is 6.53. The number of likely N-dealkylation sites (tertiary alicyclic amines) is 1. The molecule has 5 nitrogen and oxygen atoms in total. The Bertz CT molecular complexity index is 744. The van der Waals surface area contributed by atoms with Crippen LogP contribution >= 0.6 is 0 Å². The summed E-state index contributed by atoms with van der Waals surface area (Å²) in [6, 6.07) is 17.2. The Balaban J connectivity index is 1.65. The molecular weight excluding hydrogens is 328 g/mol. The Hall–Kier alpha value is -2.82. The number of hydrogen-bond donors (Lipinski definition) is 1. The van der Waals surface area contributed by atoms with E-state index in [-0.39, 0.29) is 18.0 Å². The molecule has 1 fully saturated rings. The van der Waals surface area contributed by atoms with Gasteiger partial charge in [0.05, 0.1) is 12.7 Å². The van der Waals surface area contributed by atoms with Crippen LogP contribution in [0.25, 0.3) is 0 Å². The third kappa shape index (κ3) is 4.42. The van der Waals surface area contributed by atoms with Crippen molar-refractivity contribution in [3.8, 4) is 0 Å². The van der Waals surface area contributed by atoms with E-state index in [1.54, 1.807) is 24.3 Å². The first-order valence-corrected chi connectivity index (χ1v) is 8.97. The van der Waals surface area contributed by atoms with Crippen LogP contribution in [0.3, 0.4) is 0 Å². The fourth-order valence-electron chi connectivity index (χ4n) is 3.37. The summed E-state index contributed by atoms with van der Waals surface area (Å²) in [7, 11) is 1.35. The lowest BCUT2D eigenvalue weighted by Gasteiger charge is -2.36. The lowest BCUT2D eigenvalue weighted by atomic mass is 9.96. The zero-order valence-electron chi connectivity index (χ0n) is 15.0. The van der Waals surface area contributed by atoms with Crippen LogP contribution in [-0.4, -0.2) is 36.6 Å². The number of esters is 1. The van der Waals surface area contributed by atoms with Gasteiger partial charge < -0.3 is 15.0 Å². The van der Waals surface area contributed by atoms with Crippen molar-refractivity contribution in [3.05, 3.63) is 65.7 Å². The fraction of sp³-hybridized carbons (Fsp3) is 0.333. The van der Waals surface area contributed by atoms with Crippen LogP contribution in [0, 0.1) is 0 Å². The Labute approximate surface area is 154 Å². The second-order valence-corrected chi connectivity index (χ2v) is 6.53. The third-order valence-electron chi connectivity index (χ3n) is 4.76. The van der Waals surface area contributed by atoms with E-state index in [0.29, 0.717) is 11.3 Å². The highest BCUT2D eigenvalue weighted by molar-refractivity contribution is 5.92. The topological polar surface area (TPSA) is 58.6 Å². The smallest absolute Gasteiger partial charge is 0.337 e. The standard InChI is InChI=1S/C21H24N2O3/c1-26-20(24)17-10-12-18(13-11-17)22-21(25)23-14-6-5-9-19(23)15-16-7-3-2-4-8-16/h2-4,7-8,10-13,19H,5-6,9,14-15H2,1H3,(H,22,25). The number of nitrogens with one attached hydrogen (secondary N) is 1. The number of carbonyl (C=O) groups is 2. The quantitative estimate of drug-likeness (QED) is 0.843. The van der Waals surface area contributed by atoms with Crippen molar-refractivity contribution >= 4 is 17.7 Å². The molecule has 1 unspecified atom stereocenters. The molecule has 0 aromatic heterocycles. The number of carbonyl (C=O) groups excluding carboxylic acids is 2. The van der Waals surface area contributed by atoms with E-state index < -0.39 is 0 Å². The summed E-state index contributed by atoms with van der Waals surface area (Å²) in [4.78, 5) is 26.2. The highest BCUT2D eigenvalue weighted by atomic mass is 16.5. The molecule has 0 spiro atoms. The van der Waals surface area contributed by atoms with Crippen LogP contribution in [0.5, 0.6) is 0 Å². The number of rotatable bonds is 4. The minimum absolute atomic E-state index is 0.0866. The zero-order chi connectivity index (χ0) is 18.4. The molecule has 0 bridgehead atoms. The molecule has 3 rings (SSSR count). The summed E-state index contributed by atoms with van der Waals surface area (Å²) in [5.74, 6) is -0.387. The summed E-state index contributed by atoms with van der Waals surface area (Å²) in [6.45, 7) is 0.767. The van der Waals surface area contributed by atoms with E-state index in [4.69, 9.17) is 0 Å². The van der Waals surface area contributed by atoms with Gasteiger partial charge in [0.25, 0.3) is 0 Å². The SMILES string of the molecule is COC(=O)c1ccc(NC(=O)N2CCCCC2Cc2ccccc2)cc1. The van der Waals surface area contributed by atoms with Gasteiger partial charge in [0.15, 0.2) is 0 Å². The molecule has 1 saturated heterocycles. The predicted octanol–water partition coefficient (Wildman–Crippen LogP) is 4.10. The van der Waals surface area contributed by atoms with E-state index >= 15 is 0 Å². The molecule has 0 aliphatic carbocycles. The van der Waals surface area contributed by atoms with Crippen molar-refractivity contribution in [3.63, 3.8) is 0 Å². The van der Waals surface area contributed by atoms with Crippen molar-refractivity contribution in [2.45, 2.75) is 31.7 Å². The zero-order valence-corrected chi connectivity index (χ0v) is 15.0. The van der Waals surface area contributed by atoms with E-state index in [9.17, 15) is 9.59 Å². The summed E-state index contributed by atoms with van der Waals surface area (Å²) >= 11 is 0. The number of hydrogen-bond acceptors (Lipinski definition) is 3. The predicted molar refractivity (Wildman–Crippen MR) is 101 cm³/mol. The van der Waals surface area contributed by atoms with Crippen molar-refractivity contribution in [2.75, 3.05) is 19.0 Å². The molecule has 2 aromatic rings. The number of nitrogens with zero attached hydrogens (tertiary/aromatic N) is 1. The Morgan fingerprint density at radius 3 is 2.50 bits per heavy atom. The van der Waals surface area contributed by atoms with E-state index in [0.717, 1.165) is 32.2 Å². The molecule has 1 aliphatic rings. The monoisotopic (exact) mass is 352 g/mol. The fourth-order valence-corrected chi connectivity index (χ4v) is 3.37. The molecule has 5 heteroatoms. The van der Waals surface area contributed by atoms with E-state index in [1.165, 1.54) is 12.7 Å². The molecular formula is C21H24N2O3.